The molecule has 0 radical (unpaired) electrons. The van der Waals surface area contributed by atoms with Gasteiger partial charge in [-0.2, -0.15) is 0 Å². The van der Waals surface area contributed by atoms with E-state index in [1.807, 2.05) is 32.0 Å². The first-order chi connectivity index (χ1) is 9.99. The first-order valence-electron chi connectivity index (χ1n) is 6.80. The van der Waals surface area contributed by atoms with Crippen LogP contribution >= 0.6 is 0 Å². The summed E-state index contributed by atoms with van der Waals surface area (Å²) in [6.07, 6.45) is 4.01. The van der Waals surface area contributed by atoms with Gasteiger partial charge in [-0.25, -0.2) is 8.42 Å². The van der Waals surface area contributed by atoms with Crippen molar-refractivity contribution in [2.24, 2.45) is 0 Å². The summed E-state index contributed by atoms with van der Waals surface area (Å²) < 4.78 is 27.4. The van der Waals surface area contributed by atoms with Crippen LogP contribution in [-0.2, 0) is 22.9 Å². The van der Waals surface area contributed by atoms with Crippen molar-refractivity contribution in [3.05, 3.63) is 58.0 Å². The van der Waals surface area contributed by atoms with Gasteiger partial charge in [0.15, 0.2) is 4.90 Å². The number of aromatic amines is 1. The Morgan fingerprint density at radius 1 is 1.10 bits per heavy atom. The smallest absolute Gasteiger partial charge is 0.267 e. The zero-order valence-electron chi connectivity index (χ0n) is 12.0. The number of sulfonamides is 1. The molecule has 6 heteroatoms. The minimum Gasteiger partial charge on any atom is -0.366 e. The van der Waals surface area contributed by atoms with Crippen molar-refractivity contribution in [3.63, 3.8) is 0 Å². The molecule has 1 aromatic heterocycles. The fourth-order valence-electron chi connectivity index (χ4n) is 2.17. The maximum absolute atomic E-state index is 12.4. The zero-order chi connectivity index (χ0) is 15.5. The van der Waals surface area contributed by atoms with Crippen LogP contribution in [-0.4, -0.2) is 13.4 Å². The number of pyridine rings is 1. The molecule has 0 spiro atoms. The van der Waals surface area contributed by atoms with E-state index in [2.05, 4.69) is 9.71 Å². The molecule has 112 valence electrons. The first kappa shape index (κ1) is 15.3. The van der Waals surface area contributed by atoms with Gasteiger partial charge in [0.05, 0.1) is 5.69 Å². The second-order valence-electron chi connectivity index (χ2n) is 4.64. The molecule has 21 heavy (non-hydrogen) atoms. The topological polar surface area (TPSA) is 79.0 Å². The maximum Gasteiger partial charge on any atom is 0.267 e. The minimum absolute atomic E-state index is 0.280. The number of hydrogen-bond acceptors (Lipinski definition) is 3. The summed E-state index contributed by atoms with van der Waals surface area (Å²) >= 11 is 0. The van der Waals surface area contributed by atoms with E-state index in [1.54, 1.807) is 0 Å². The summed E-state index contributed by atoms with van der Waals surface area (Å²) in [5.74, 6) is 0. The Kier molecular flexibility index (Phi) is 4.47. The number of aromatic nitrogens is 1. The maximum atomic E-state index is 12.4. The molecule has 2 N–H and O–H groups in total. The van der Waals surface area contributed by atoms with Gasteiger partial charge in [0.25, 0.3) is 10.0 Å². The number of aryl methyl sites for hydroxylation is 2. The van der Waals surface area contributed by atoms with Gasteiger partial charge in [-0.05, 0) is 24.0 Å². The minimum atomic E-state index is -3.90. The lowest BCUT2D eigenvalue weighted by Crippen LogP contribution is -2.22. The summed E-state index contributed by atoms with van der Waals surface area (Å²) in [7, 11) is -3.90. The summed E-state index contributed by atoms with van der Waals surface area (Å²) in [5, 5.41) is 0. The standard InChI is InChI=1S/C15H18N2O3S/c1-3-11-6-5-7-12(4-2)15(11)17-21(19,20)14-10-16-9-8-13(14)18/h5-10,17H,3-4H2,1-2H3,(H,16,18). The number of anilines is 1. The van der Waals surface area contributed by atoms with Crippen LogP contribution in [0, 0.1) is 0 Å². The number of hydrogen-bond donors (Lipinski definition) is 2. The van der Waals surface area contributed by atoms with Crippen LogP contribution in [0.1, 0.15) is 25.0 Å². The summed E-state index contributed by atoms with van der Waals surface area (Å²) in [4.78, 5) is 14.1. The highest BCUT2D eigenvalue weighted by Gasteiger charge is 2.20. The van der Waals surface area contributed by atoms with Crippen molar-refractivity contribution in [2.75, 3.05) is 4.72 Å². The highest BCUT2D eigenvalue weighted by molar-refractivity contribution is 7.92. The van der Waals surface area contributed by atoms with Crippen molar-refractivity contribution in [1.29, 1.82) is 0 Å². The molecular formula is C15H18N2O3S. The van der Waals surface area contributed by atoms with E-state index in [-0.39, 0.29) is 4.90 Å². The first-order valence-corrected chi connectivity index (χ1v) is 8.28. The highest BCUT2D eigenvalue weighted by Crippen LogP contribution is 2.24. The predicted molar refractivity (Wildman–Crippen MR) is 83.1 cm³/mol. The molecule has 1 heterocycles. The van der Waals surface area contributed by atoms with E-state index < -0.39 is 15.5 Å². The molecular weight excluding hydrogens is 288 g/mol. The molecule has 5 nitrogen and oxygen atoms in total. The van der Waals surface area contributed by atoms with Crippen LogP contribution in [0.5, 0.6) is 0 Å². The molecule has 0 atom stereocenters. The second kappa shape index (κ2) is 6.13. The molecule has 0 unspecified atom stereocenters. The van der Waals surface area contributed by atoms with E-state index in [9.17, 15) is 13.2 Å². The number of H-pyrrole nitrogens is 1. The van der Waals surface area contributed by atoms with Gasteiger partial charge in [-0.3, -0.25) is 9.52 Å². The molecule has 0 saturated heterocycles. The van der Waals surface area contributed by atoms with Crippen LogP contribution in [0.25, 0.3) is 0 Å². The fourth-order valence-corrected chi connectivity index (χ4v) is 3.37. The number of benzene rings is 1. The van der Waals surface area contributed by atoms with E-state index in [4.69, 9.17) is 0 Å². The molecule has 0 saturated carbocycles. The molecule has 0 aliphatic rings. The Labute approximate surface area is 124 Å². The molecule has 0 amide bonds. The molecule has 0 aliphatic heterocycles. The van der Waals surface area contributed by atoms with Gasteiger partial charge in [-0.1, -0.05) is 32.0 Å². The number of para-hydroxylation sites is 1. The Morgan fingerprint density at radius 3 is 2.24 bits per heavy atom. The van der Waals surface area contributed by atoms with Gasteiger partial charge in [0.2, 0.25) is 5.43 Å². The average molecular weight is 306 g/mol. The molecule has 2 aromatic rings. The molecule has 1 aromatic carbocycles. The van der Waals surface area contributed by atoms with Crippen molar-refractivity contribution >= 4 is 15.7 Å². The van der Waals surface area contributed by atoms with E-state index in [0.29, 0.717) is 18.5 Å². The van der Waals surface area contributed by atoms with Gasteiger partial charge in [-0.15, -0.1) is 0 Å². The van der Waals surface area contributed by atoms with Gasteiger partial charge >= 0.3 is 0 Å². The Balaban J connectivity index is 2.52. The van der Waals surface area contributed by atoms with Gasteiger partial charge in [0, 0.05) is 18.5 Å². The predicted octanol–water partition coefficient (Wildman–Crippen LogP) is 2.30. The molecule has 0 fully saturated rings. The van der Waals surface area contributed by atoms with Crippen molar-refractivity contribution in [2.45, 2.75) is 31.6 Å². The third kappa shape index (κ3) is 3.16. The van der Waals surface area contributed by atoms with Crippen molar-refractivity contribution < 1.29 is 8.42 Å². The van der Waals surface area contributed by atoms with Crippen LogP contribution in [0.2, 0.25) is 0 Å². The summed E-state index contributed by atoms with van der Waals surface area (Å²) in [6, 6.07) is 6.87. The average Bonchev–Trinajstić information content (AvgIpc) is 2.47. The second-order valence-corrected chi connectivity index (χ2v) is 6.29. The monoisotopic (exact) mass is 306 g/mol. The number of nitrogens with one attached hydrogen (secondary N) is 2. The highest BCUT2D eigenvalue weighted by atomic mass is 32.2. The lowest BCUT2D eigenvalue weighted by molar-refractivity contribution is 0.600. The molecule has 2 rings (SSSR count). The largest absolute Gasteiger partial charge is 0.366 e. The summed E-state index contributed by atoms with van der Waals surface area (Å²) in [5.41, 5.74) is 1.86. The summed E-state index contributed by atoms with van der Waals surface area (Å²) in [6.45, 7) is 3.92. The van der Waals surface area contributed by atoms with E-state index >= 15 is 0 Å². The Morgan fingerprint density at radius 2 is 1.71 bits per heavy atom. The SMILES string of the molecule is CCc1cccc(CC)c1NS(=O)(=O)c1c[nH]ccc1=O. The zero-order valence-corrected chi connectivity index (χ0v) is 12.8. The van der Waals surface area contributed by atoms with Crippen LogP contribution in [0.4, 0.5) is 5.69 Å². The lowest BCUT2D eigenvalue weighted by atomic mass is 10.0. The quantitative estimate of drug-likeness (QED) is 0.889. The van der Waals surface area contributed by atoms with Crippen LogP contribution in [0.15, 0.2) is 46.3 Å². The fraction of sp³-hybridized carbons (Fsp3) is 0.267. The third-order valence-corrected chi connectivity index (χ3v) is 4.68. The van der Waals surface area contributed by atoms with Crippen molar-refractivity contribution in [1.82, 2.24) is 4.98 Å². The number of rotatable bonds is 5. The van der Waals surface area contributed by atoms with Crippen LogP contribution in [0.3, 0.4) is 0 Å². The lowest BCUT2D eigenvalue weighted by Gasteiger charge is -2.15. The Bertz CT molecular complexity index is 772. The molecule has 0 aliphatic carbocycles. The van der Waals surface area contributed by atoms with Gasteiger partial charge in [0.1, 0.15) is 0 Å². The third-order valence-electron chi connectivity index (χ3n) is 3.31. The molecule has 0 bridgehead atoms. The Hall–Kier alpha value is -2.08. The van der Waals surface area contributed by atoms with Crippen molar-refractivity contribution in [3.8, 4) is 0 Å². The van der Waals surface area contributed by atoms with Crippen LogP contribution < -0.4 is 10.2 Å². The van der Waals surface area contributed by atoms with E-state index in [0.717, 1.165) is 11.1 Å². The van der Waals surface area contributed by atoms with E-state index in [1.165, 1.54) is 18.5 Å². The van der Waals surface area contributed by atoms with Gasteiger partial charge < -0.3 is 4.98 Å². The normalized spacial score (nSPS) is 11.3.